The van der Waals surface area contributed by atoms with Crippen LogP contribution < -0.4 is 11.1 Å². The predicted molar refractivity (Wildman–Crippen MR) is 76.6 cm³/mol. The van der Waals surface area contributed by atoms with E-state index in [1.807, 2.05) is 18.2 Å². The zero-order valence-corrected chi connectivity index (χ0v) is 10.7. The third-order valence-corrected chi connectivity index (χ3v) is 4.06. The Balaban J connectivity index is 1.92. The first-order valence-corrected chi connectivity index (χ1v) is 6.55. The Kier molecular flexibility index (Phi) is 2.62. The van der Waals surface area contributed by atoms with Crippen molar-refractivity contribution in [2.45, 2.75) is 26.2 Å². The minimum absolute atomic E-state index is 0.441. The lowest BCUT2D eigenvalue weighted by atomic mass is 9.70. The highest BCUT2D eigenvalue weighted by atomic mass is 14.9. The van der Waals surface area contributed by atoms with Gasteiger partial charge >= 0.3 is 0 Å². The van der Waals surface area contributed by atoms with Gasteiger partial charge in [-0.05, 0) is 24.3 Å². The second-order valence-corrected chi connectivity index (χ2v) is 5.62. The molecule has 0 bridgehead atoms. The molecule has 0 amide bonds. The summed E-state index contributed by atoms with van der Waals surface area (Å²) in [5.41, 5.74) is 9.25. The highest BCUT2D eigenvalue weighted by Crippen LogP contribution is 2.41. The van der Waals surface area contributed by atoms with Gasteiger partial charge in [-0.2, -0.15) is 0 Å². The molecule has 0 spiro atoms. The number of pyridine rings is 1. The zero-order valence-electron chi connectivity index (χ0n) is 10.7. The summed E-state index contributed by atoms with van der Waals surface area (Å²) in [6.07, 6.45) is 5.71. The van der Waals surface area contributed by atoms with Crippen molar-refractivity contribution in [1.82, 2.24) is 4.98 Å². The van der Waals surface area contributed by atoms with Crippen LogP contribution in [-0.4, -0.2) is 11.5 Å². The van der Waals surface area contributed by atoms with Gasteiger partial charge in [0.25, 0.3) is 0 Å². The number of nitrogens with two attached hydrogens (primary N) is 1. The molecule has 1 aliphatic carbocycles. The van der Waals surface area contributed by atoms with Crippen molar-refractivity contribution in [2.75, 3.05) is 17.6 Å². The van der Waals surface area contributed by atoms with Crippen LogP contribution in [0.4, 0.5) is 11.4 Å². The number of nitrogens with one attached hydrogen (secondary N) is 1. The van der Waals surface area contributed by atoms with Crippen LogP contribution in [0.5, 0.6) is 0 Å². The Hall–Kier alpha value is -1.77. The van der Waals surface area contributed by atoms with E-state index in [9.17, 15) is 0 Å². The van der Waals surface area contributed by atoms with E-state index in [1.54, 1.807) is 6.20 Å². The summed E-state index contributed by atoms with van der Waals surface area (Å²) in [6, 6.07) is 8.12. The van der Waals surface area contributed by atoms with Crippen LogP contribution in [0.3, 0.4) is 0 Å². The van der Waals surface area contributed by atoms with Crippen LogP contribution in [0.1, 0.15) is 26.2 Å². The van der Waals surface area contributed by atoms with Crippen molar-refractivity contribution in [2.24, 2.45) is 5.41 Å². The number of rotatable bonds is 3. The third kappa shape index (κ3) is 1.90. The van der Waals surface area contributed by atoms with Gasteiger partial charge < -0.3 is 11.1 Å². The molecule has 0 aliphatic heterocycles. The average Bonchev–Trinajstić information content (AvgIpc) is 2.35. The van der Waals surface area contributed by atoms with Gasteiger partial charge in [-0.25, -0.2) is 0 Å². The second-order valence-electron chi connectivity index (χ2n) is 5.62. The number of hydrogen-bond acceptors (Lipinski definition) is 3. The summed E-state index contributed by atoms with van der Waals surface area (Å²) in [7, 11) is 0. The highest BCUT2D eigenvalue weighted by molar-refractivity contribution is 5.96. The van der Waals surface area contributed by atoms with Gasteiger partial charge in [0.05, 0.1) is 23.1 Å². The molecule has 94 valence electrons. The number of fused-ring (bicyclic) bond motifs is 1. The van der Waals surface area contributed by atoms with Crippen molar-refractivity contribution in [1.29, 1.82) is 0 Å². The molecule has 1 heterocycles. The van der Waals surface area contributed by atoms with Gasteiger partial charge in [0.1, 0.15) is 0 Å². The second kappa shape index (κ2) is 4.16. The van der Waals surface area contributed by atoms with E-state index in [2.05, 4.69) is 23.3 Å². The van der Waals surface area contributed by atoms with Gasteiger partial charge in [0.15, 0.2) is 0 Å². The van der Waals surface area contributed by atoms with Crippen LogP contribution in [0, 0.1) is 5.41 Å². The first-order valence-electron chi connectivity index (χ1n) is 6.55. The lowest BCUT2D eigenvalue weighted by Gasteiger charge is -2.38. The van der Waals surface area contributed by atoms with Gasteiger partial charge in [-0.3, -0.25) is 4.98 Å². The molecule has 3 nitrogen and oxygen atoms in total. The molecule has 1 aliphatic rings. The Morgan fingerprint density at radius 2 is 2.11 bits per heavy atom. The van der Waals surface area contributed by atoms with E-state index in [0.717, 1.165) is 28.8 Å². The predicted octanol–water partition coefficient (Wildman–Crippen LogP) is 3.42. The summed E-state index contributed by atoms with van der Waals surface area (Å²) in [6.45, 7) is 3.33. The molecule has 3 N–H and O–H groups in total. The van der Waals surface area contributed by atoms with Gasteiger partial charge in [-0.15, -0.1) is 0 Å². The van der Waals surface area contributed by atoms with Gasteiger partial charge in [0, 0.05) is 11.9 Å². The Bertz CT molecular complexity index is 573. The minimum atomic E-state index is 0.441. The molecule has 0 unspecified atom stereocenters. The lowest BCUT2D eigenvalue weighted by molar-refractivity contribution is 0.180. The summed E-state index contributed by atoms with van der Waals surface area (Å²) in [5.74, 6) is 0. The number of nitrogen functional groups attached to an aromatic ring is 1. The van der Waals surface area contributed by atoms with E-state index < -0.39 is 0 Å². The van der Waals surface area contributed by atoms with Crippen LogP contribution >= 0.6 is 0 Å². The molecule has 1 aromatic heterocycles. The molecule has 3 heteroatoms. The molecule has 18 heavy (non-hydrogen) atoms. The lowest BCUT2D eigenvalue weighted by Crippen LogP contribution is -2.33. The molecular weight excluding hydrogens is 222 g/mol. The first kappa shape index (κ1) is 11.3. The number of anilines is 2. The van der Waals surface area contributed by atoms with E-state index in [1.165, 1.54) is 19.3 Å². The monoisotopic (exact) mass is 241 g/mol. The molecule has 2 aromatic rings. The Morgan fingerprint density at radius 3 is 2.83 bits per heavy atom. The van der Waals surface area contributed by atoms with E-state index >= 15 is 0 Å². The maximum absolute atomic E-state index is 6.05. The van der Waals surface area contributed by atoms with Crippen LogP contribution in [0.25, 0.3) is 10.9 Å². The maximum atomic E-state index is 6.05. The number of hydrogen-bond donors (Lipinski definition) is 2. The topological polar surface area (TPSA) is 50.9 Å². The molecule has 1 fully saturated rings. The fraction of sp³-hybridized carbons (Fsp3) is 0.400. The zero-order chi connectivity index (χ0) is 12.6. The van der Waals surface area contributed by atoms with Crippen LogP contribution in [0.15, 0.2) is 30.5 Å². The largest absolute Gasteiger partial charge is 0.396 e. The third-order valence-electron chi connectivity index (χ3n) is 4.06. The SMILES string of the molecule is CC1(CNc2c(N)cnc3ccccc23)CCC1. The molecule has 0 saturated heterocycles. The quantitative estimate of drug-likeness (QED) is 0.865. The normalized spacial score (nSPS) is 17.4. The fourth-order valence-electron chi connectivity index (χ4n) is 2.61. The summed E-state index contributed by atoms with van der Waals surface area (Å²) >= 11 is 0. The maximum Gasteiger partial charge on any atom is 0.0743 e. The van der Waals surface area contributed by atoms with Gasteiger partial charge in [0.2, 0.25) is 0 Å². The van der Waals surface area contributed by atoms with Crippen LogP contribution in [-0.2, 0) is 0 Å². The van der Waals surface area contributed by atoms with E-state index in [-0.39, 0.29) is 0 Å². The van der Waals surface area contributed by atoms with E-state index in [0.29, 0.717) is 5.41 Å². The van der Waals surface area contributed by atoms with Crippen molar-refractivity contribution < 1.29 is 0 Å². The van der Waals surface area contributed by atoms with Crippen molar-refractivity contribution in [3.8, 4) is 0 Å². The first-order chi connectivity index (χ1) is 8.68. The van der Waals surface area contributed by atoms with Crippen molar-refractivity contribution in [3.05, 3.63) is 30.5 Å². The molecule has 3 rings (SSSR count). The molecule has 0 radical (unpaired) electrons. The minimum Gasteiger partial charge on any atom is -0.396 e. The smallest absolute Gasteiger partial charge is 0.0743 e. The highest BCUT2D eigenvalue weighted by Gasteiger charge is 2.31. The molecule has 1 saturated carbocycles. The van der Waals surface area contributed by atoms with Crippen molar-refractivity contribution >= 4 is 22.3 Å². The summed E-state index contributed by atoms with van der Waals surface area (Å²) in [5, 5.41) is 4.64. The average molecular weight is 241 g/mol. The number of para-hydroxylation sites is 1. The Morgan fingerprint density at radius 1 is 1.33 bits per heavy atom. The summed E-state index contributed by atoms with van der Waals surface area (Å²) in [4.78, 5) is 4.35. The Labute approximate surface area is 107 Å². The number of aromatic nitrogens is 1. The number of benzene rings is 1. The van der Waals surface area contributed by atoms with E-state index in [4.69, 9.17) is 5.73 Å². The molecular formula is C15H19N3. The van der Waals surface area contributed by atoms with Gasteiger partial charge in [-0.1, -0.05) is 31.5 Å². The molecule has 1 aromatic carbocycles. The van der Waals surface area contributed by atoms with Crippen molar-refractivity contribution in [3.63, 3.8) is 0 Å². The molecule has 0 atom stereocenters. The summed E-state index contributed by atoms with van der Waals surface area (Å²) < 4.78 is 0. The standard InChI is InChI=1S/C15H19N3/c1-15(7-4-8-15)10-18-14-11-5-2-3-6-13(11)17-9-12(14)16/h2-3,5-6,9H,4,7-8,10,16H2,1H3,(H,17,18). The fourth-order valence-corrected chi connectivity index (χ4v) is 2.61. The number of nitrogens with zero attached hydrogens (tertiary/aromatic N) is 1. The van der Waals surface area contributed by atoms with Crippen LogP contribution in [0.2, 0.25) is 0 Å².